The Morgan fingerprint density at radius 2 is 1.70 bits per heavy atom. The molecule has 3 N–H and O–H groups in total. The summed E-state index contributed by atoms with van der Waals surface area (Å²) in [5.41, 5.74) is -0.369. The molecule has 148 valence electrons. The van der Waals surface area contributed by atoms with Crippen LogP contribution in [0.15, 0.2) is 11.3 Å². The molecule has 0 aromatic heterocycles. The second-order valence-electron chi connectivity index (χ2n) is 7.69. The van der Waals surface area contributed by atoms with Crippen LogP contribution >= 0.6 is 0 Å². The van der Waals surface area contributed by atoms with Gasteiger partial charge in [0.2, 0.25) is 0 Å². The van der Waals surface area contributed by atoms with E-state index >= 15 is 0 Å². The van der Waals surface area contributed by atoms with Crippen molar-refractivity contribution < 1.29 is 27.5 Å². The lowest BCUT2D eigenvalue weighted by Crippen LogP contribution is -2.24. The third kappa shape index (κ3) is 3.09. The van der Waals surface area contributed by atoms with Crippen molar-refractivity contribution in [3.8, 4) is 0 Å². The second kappa shape index (κ2) is 6.82. The number of fused-ring (bicyclic) bond motifs is 1. The van der Waals surface area contributed by atoms with Crippen molar-refractivity contribution in [2.24, 2.45) is 17.3 Å². The minimum atomic E-state index is -1.62. The SMILES string of the molecule is CC(NCCNc1c(F)c(F)c(CO)c(F)c1F)=C1C(=O)CC2C1C2(C)C. The number of ketones is 1. The zero-order chi connectivity index (χ0) is 20.1. The van der Waals surface area contributed by atoms with E-state index in [2.05, 4.69) is 24.5 Å². The molecule has 2 atom stereocenters. The van der Waals surface area contributed by atoms with Gasteiger partial charge in [0, 0.05) is 30.8 Å². The molecule has 1 aromatic rings. The number of hydrogen-bond acceptors (Lipinski definition) is 4. The van der Waals surface area contributed by atoms with Gasteiger partial charge in [-0.3, -0.25) is 4.79 Å². The van der Waals surface area contributed by atoms with E-state index in [-0.39, 0.29) is 30.2 Å². The number of Topliss-reactive ketones (excluding diaryl/α,β-unsaturated/α-hetero) is 1. The minimum Gasteiger partial charge on any atom is -0.391 e. The maximum absolute atomic E-state index is 13.9. The van der Waals surface area contributed by atoms with Gasteiger partial charge in [0.15, 0.2) is 29.1 Å². The number of anilines is 1. The minimum absolute atomic E-state index is 0.0263. The van der Waals surface area contributed by atoms with Gasteiger partial charge in [-0.25, -0.2) is 17.6 Å². The van der Waals surface area contributed by atoms with Crippen molar-refractivity contribution in [2.45, 2.75) is 33.8 Å². The quantitative estimate of drug-likeness (QED) is 0.304. The second-order valence-corrected chi connectivity index (χ2v) is 7.69. The van der Waals surface area contributed by atoms with E-state index in [4.69, 9.17) is 5.11 Å². The number of allylic oxidation sites excluding steroid dienone is 2. The molecule has 0 saturated heterocycles. The Labute approximate surface area is 154 Å². The van der Waals surface area contributed by atoms with Gasteiger partial charge in [-0.15, -0.1) is 0 Å². The summed E-state index contributed by atoms with van der Waals surface area (Å²) < 4.78 is 55.1. The topological polar surface area (TPSA) is 61.4 Å². The van der Waals surface area contributed by atoms with E-state index < -0.39 is 41.1 Å². The number of carbonyl (C=O) groups excluding carboxylic acids is 1. The molecule has 8 heteroatoms. The molecule has 27 heavy (non-hydrogen) atoms. The fraction of sp³-hybridized carbons (Fsp3) is 0.526. The smallest absolute Gasteiger partial charge is 0.185 e. The molecule has 0 aliphatic heterocycles. The molecule has 3 rings (SSSR count). The molecule has 0 heterocycles. The Hall–Kier alpha value is -2.09. The summed E-state index contributed by atoms with van der Waals surface area (Å²) in [7, 11) is 0. The van der Waals surface area contributed by atoms with Crippen molar-refractivity contribution in [3.63, 3.8) is 0 Å². The van der Waals surface area contributed by atoms with Crippen molar-refractivity contribution in [1.29, 1.82) is 0 Å². The van der Waals surface area contributed by atoms with E-state index in [0.717, 1.165) is 5.57 Å². The van der Waals surface area contributed by atoms with Crippen LogP contribution in [0.3, 0.4) is 0 Å². The first kappa shape index (κ1) is 19.7. The average molecular weight is 386 g/mol. The average Bonchev–Trinajstić information content (AvgIpc) is 2.95. The van der Waals surface area contributed by atoms with Crippen LogP contribution in [0, 0.1) is 40.5 Å². The molecule has 0 amide bonds. The Morgan fingerprint density at radius 3 is 2.22 bits per heavy atom. The molecule has 0 bridgehead atoms. The molecule has 2 fully saturated rings. The molecule has 2 saturated carbocycles. The van der Waals surface area contributed by atoms with Gasteiger partial charge in [0.05, 0.1) is 12.2 Å². The Kier molecular flexibility index (Phi) is 4.96. The van der Waals surface area contributed by atoms with Crippen LogP contribution in [0.5, 0.6) is 0 Å². The van der Waals surface area contributed by atoms with Crippen LogP contribution in [-0.4, -0.2) is 24.0 Å². The normalized spacial score (nSPS) is 24.7. The Balaban J connectivity index is 1.65. The highest BCUT2D eigenvalue weighted by Gasteiger charge is 2.65. The van der Waals surface area contributed by atoms with Gasteiger partial charge >= 0.3 is 0 Å². The van der Waals surface area contributed by atoms with Crippen molar-refractivity contribution in [2.75, 3.05) is 18.4 Å². The summed E-state index contributed by atoms with van der Waals surface area (Å²) >= 11 is 0. The zero-order valence-corrected chi connectivity index (χ0v) is 15.4. The van der Waals surface area contributed by atoms with E-state index in [0.29, 0.717) is 18.0 Å². The molecule has 0 spiro atoms. The molecule has 2 unspecified atom stereocenters. The molecule has 0 radical (unpaired) electrons. The van der Waals surface area contributed by atoms with E-state index in [1.807, 2.05) is 0 Å². The van der Waals surface area contributed by atoms with Gasteiger partial charge in [-0.2, -0.15) is 0 Å². The monoisotopic (exact) mass is 386 g/mol. The fourth-order valence-electron chi connectivity index (χ4n) is 4.13. The third-order valence-electron chi connectivity index (χ3n) is 5.80. The Morgan fingerprint density at radius 1 is 1.11 bits per heavy atom. The number of aliphatic hydroxyl groups is 1. The number of aliphatic hydroxyl groups excluding tert-OH is 1. The molecule has 2 aliphatic rings. The first-order chi connectivity index (χ1) is 12.6. The molecular formula is C19H22F4N2O2. The molecular weight excluding hydrogens is 364 g/mol. The standard InChI is InChI=1S/C19H22F4N2O2/c1-8(12-11(27)6-10-13(12)19(10,2)3)24-4-5-25-18-16(22)14(20)9(7-26)15(21)17(18)23/h10,13,24-26H,4-7H2,1-3H3. The Bertz CT molecular complexity index is 806. The molecule has 1 aromatic carbocycles. The van der Waals surface area contributed by atoms with Crippen LogP contribution in [-0.2, 0) is 11.4 Å². The van der Waals surface area contributed by atoms with Gasteiger partial charge < -0.3 is 15.7 Å². The number of halogens is 4. The lowest BCUT2D eigenvalue weighted by Gasteiger charge is -2.16. The van der Waals surface area contributed by atoms with E-state index in [1.54, 1.807) is 6.92 Å². The van der Waals surface area contributed by atoms with Crippen LogP contribution in [0.2, 0.25) is 0 Å². The van der Waals surface area contributed by atoms with Gasteiger partial charge in [0.25, 0.3) is 0 Å². The highest BCUT2D eigenvalue weighted by molar-refractivity contribution is 6.01. The summed E-state index contributed by atoms with van der Waals surface area (Å²) in [6.07, 6.45) is 0.538. The van der Waals surface area contributed by atoms with Gasteiger partial charge in [-0.05, 0) is 24.2 Å². The number of carbonyl (C=O) groups is 1. The number of benzene rings is 1. The number of nitrogens with one attached hydrogen (secondary N) is 2. The lowest BCUT2D eigenvalue weighted by molar-refractivity contribution is -0.115. The highest BCUT2D eigenvalue weighted by atomic mass is 19.2. The van der Waals surface area contributed by atoms with E-state index in [9.17, 15) is 22.4 Å². The third-order valence-corrected chi connectivity index (χ3v) is 5.80. The highest BCUT2D eigenvalue weighted by Crippen LogP contribution is 2.68. The number of rotatable bonds is 6. The summed E-state index contributed by atoms with van der Waals surface area (Å²) in [5, 5.41) is 14.2. The van der Waals surface area contributed by atoms with Crippen LogP contribution in [0.25, 0.3) is 0 Å². The maximum atomic E-state index is 13.9. The largest absolute Gasteiger partial charge is 0.391 e. The van der Waals surface area contributed by atoms with Crippen LogP contribution in [0.4, 0.5) is 23.2 Å². The van der Waals surface area contributed by atoms with Gasteiger partial charge in [-0.1, -0.05) is 13.8 Å². The zero-order valence-electron chi connectivity index (χ0n) is 15.4. The van der Waals surface area contributed by atoms with Crippen LogP contribution < -0.4 is 10.6 Å². The van der Waals surface area contributed by atoms with Crippen molar-refractivity contribution >= 4 is 11.5 Å². The first-order valence-electron chi connectivity index (χ1n) is 8.80. The fourth-order valence-corrected chi connectivity index (χ4v) is 4.13. The number of hydrogen-bond donors (Lipinski definition) is 3. The van der Waals surface area contributed by atoms with Crippen LogP contribution in [0.1, 0.15) is 32.8 Å². The summed E-state index contributed by atoms with van der Waals surface area (Å²) in [6, 6.07) is 0. The molecule has 2 aliphatic carbocycles. The molecule has 4 nitrogen and oxygen atoms in total. The summed E-state index contributed by atoms with van der Waals surface area (Å²) in [5.74, 6) is -5.69. The van der Waals surface area contributed by atoms with Crippen molar-refractivity contribution in [3.05, 3.63) is 40.1 Å². The van der Waals surface area contributed by atoms with Gasteiger partial charge in [0.1, 0.15) is 5.69 Å². The first-order valence-corrected chi connectivity index (χ1v) is 8.80. The summed E-state index contributed by atoms with van der Waals surface area (Å²) in [6.45, 7) is 5.04. The van der Waals surface area contributed by atoms with E-state index in [1.165, 1.54) is 0 Å². The van der Waals surface area contributed by atoms with Crippen molar-refractivity contribution in [1.82, 2.24) is 5.32 Å². The predicted octanol–water partition coefficient (Wildman–Crippen LogP) is 3.26. The maximum Gasteiger partial charge on any atom is 0.185 e. The summed E-state index contributed by atoms with van der Waals surface area (Å²) in [4.78, 5) is 12.1. The lowest BCUT2D eigenvalue weighted by atomic mass is 9.95. The predicted molar refractivity (Wildman–Crippen MR) is 91.8 cm³/mol.